The first-order valence-electron chi connectivity index (χ1n) is 11.6. The summed E-state index contributed by atoms with van der Waals surface area (Å²) in [6.07, 6.45) is 10.9. The van der Waals surface area contributed by atoms with E-state index in [4.69, 9.17) is 14.2 Å². The van der Waals surface area contributed by atoms with Crippen molar-refractivity contribution in [3.63, 3.8) is 0 Å². The van der Waals surface area contributed by atoms with Crippen molar-refractivity contribution in [2.24, 2.45) is 22.7 Å². The molecular weight excluding hydrogens is 338 g/mol. The van der Waals surface area contributed by atoms with Crippen LogP contribution in [0.25, 0.3) is 0 Å². The highest BCUT2D eigenvalue weighted by molar-refractivity contribution is 5.02. The SMILES string of the molecule is CC1[C@](C)(CCCN2CCOCC2)CC[C@H]2O[C@H](C3CCCC3)OC[C@@]12C. The minimum Gasteiger partial charge on any atom is -0.379 e. The van der Waals surface area contributed by atoms with Crippen molar-refractivity contribution in [3.8, 4) is 0 Å². The molecule has 4 aliphatic rings. The van der Waals surface area contributed by atoms with Crippen LogP contribution in [-0.2, 0) is 14.2 Å². The van der Waals surface area contributed by atoms with Gasteiger partial charge in [0.15, 0.2) is 6.29 Å². The van der Waals surface area contributed by atoms with E-state index in [1.54, 1.807) is 0 Å². The monoisotopic (exact) mass is 379 g/mol. The van der Waals surface area contributed by atoms with Crippen molar-refractivity contribution >= 4 is 0 Å². The van der Waals surface area contributed by atoms with E-state index in [1.807, 2.05) is 0 Å². The Morgan fingerprint density at radius 3 is 2.52 bits per heavy atom. The summed E-state index contributed by atoms with van der Waals surface area (Å²) in [6, 6.07) is 0. The Bertz CT molecular complexity index is 488. The molecule has 0 aromatic heterocycles. The minimum atomic E-state index is 0.0726. The van der Waals surface area contributed by atoms with Crippen molar-refractivity contribution in [2.45, 2.75) is 84.5 Å². The average molecular weight is 380 g/mol. The zero-order chi connectivity index (χ0) is 18.9. The van der Waals surface area contributed by atoms with Gasteiger partial charge in [0.25, 0.3) is 0 Å². The van der Waals surface area contributed by atoms with Gasteiger partial charge in [0.05, 0.1) is 25.9 Å². The van der Waals surface area contributed by atoms with Gasteiger partial charge in [-0.15, -0.1) is 0 Å². The Hall–Kier alpha value is -0.160. The topological polar surface area (TPSA) is 30.9 Å². The standard InChI is InChI=1S/C23H41NO3/c1-18-22(2,10-6-12-24-13-15-25-16-14-24)11-9-20-23(18,3)17-26-21(27-20)19-7-4-5-8-19/h18-21H,4-17H2,1-3H3/t18?,20-,21-,22-,23+/m1/s1. The van der Waals surface area contributed by atoms with Crippen molar-refractivity contribution in [1.29, 1.82) is 0 Å². The molecule has 27 heavy (non-hydrogen) atoms. The molecule has 5 atom stereocenters. The van der Waals surface area contributed by atoms with Crippen molar-refractivity contribution < 1.29 is 14.2 Å². The highest BCUT2D eigenvalue weighted by Gasteiger charge is 2.55. The maximum Gasteiger partial charge on any atom is 0.160 e. The number of nitrogens with zero attached hydrogens (tertiary/aromatic N) is 1. The van der Waals surface area contributed by atoms with Crippen molar-refractivity contribution in [3.05, 3.63) is 0 Å². The molecule has 2 aliphatic heterocycles. The van der Waals surface area contributed by atoms with Gasteiger partial charge in [-0.1, -0.05) is 33.6 Å². The van der Waals surface area contributed by atoms with E-state index in [-0.39, 0.29) is 11.7 Å². The summed E-state index contributed by atoms with van der Waals surface area (Å²) in [5.41, 5.74) is 0.575. The third kappa shape index (κ3) is 4.10. The lowest BCUT2D eigenvalue weighted by molar-refractivity contribution is -0.310. The Kier molecular flexibility index (Phi) is 6.18. The Balaban J connectivity index is 1.33. The first-order valence-corrected chi connectivity index (χ1v) is 11.6. The van der Waals surface area contributed by atoms with E-state index >= 15 is 0 Å². The largest absolute Gasteiger partial charge is 0.379 e. The van der Waals surface area contributed by atoms with Crippen LogP contribution in [0, 0.1) is 22.7 Å². The van der Waals surface area contributed by atoms with Crippen LogP contribution in [0.2, 0.25) is 0 Å². The van der Waals surface area contributed by atoms with Crippen LogP contribution >= 0.6 is 0 Å². The van der Waals surface area contributed by atoms with E-state index in [0.717, 1.165) is 32.9 Å². The molecule has 0 amide bonds. The van der Waals surface area contributed by atoms with Gasteiger partial charge >= 0.3 is 0 Å². The molecule has 2 aliphatic carbocycles. The molecule has 0 aromatic carbocycles. The van der Waals surface area contributed by atoms with Gasteiger partial charge in [-0.05, 0) is 56.4 Å². The predicted octanol–water partition coefficient (Wildman–Crippen LogP) is 4.47. The number of fused-ring (bicyclic) bond motifs is 1. The van der Waals surface area contributed by atoms with Crippen LogP contribution in [0.5, 0.6) is 0 Å². The average Bonchev–Trinajstić information content (AvgIpc) is 3.21. The van der Waals surface area contributed by atoms with Crippen LogP contribution in [0.4, 0.5) is 0 Å². The van der Waals surface area contributed by atoms with Crippen LogP contribution < -0.4 is 0 Å². The van der Waals surface area contributed by atoms with E-state index in [9.17, 15) is 0 Å². The highest BCUT2D eigenvalue weighted by atomic mass is 16.7. The second-order valence-electron chi connectivity index (χ2n) is 10.3. The second-order valence-corrected chi connectivity index (χ2v) is 10.3. The summed E-state index contributed by atoms with van der Waals surface area (Å²) in [6.45, 7) is 13.6. The molecule has 0 spiro atoms. The van der Waals surface area contributed by atoms with Crippen LogP contribution in [-0.4, -0.2) is 56.7 Å². The van der Waals surface area contributed by atoms with E-state index in [2.05, 4.69) is 25.7 Å². The van der Waals surface area contributed by atoms with Gasteiger partial charge in [0.2, 0.25) is 0 Å². The van der Waals surface area contributed by atoms with Gasteiger partial charge in [-0.2, -0.15) is 0 Å². The van der Waals surface area contributed by atoms with E-state index in [1.165, 1.54) is 57.9 Å². The summed E-state index contributed by atoms with van der Waals surface area (Å²) in [5, 5.41) is 0. The first-order chi connectivity index (χ1) is 13.0. The van der Waals surface area contributed by atoms with Gasteiger partial charge in [-0.3, -0.25) is 4.90 Å². The fraction of sp³-hybridized carbons (Fsp3) is 1.00. The molecular formula is C23H41NO3. The number of ether oxygens (including phenoxy) is 3. The molecule has 156 valence electrons. The number of hydrogen-bond acceptors (Lipinski definition) is 4. The number of hydrogen-bond donors (Lipinski definition) is 0. The molecule has 4 nitrogen and oxygen atoms in total. The smallest absolute Gasteiger partial charge is 0.160 e. The lowest BCUT2D eigenvalue weighted by atomic mass is 9.54. The van der Waals surface area contributed by atoms with Crippen LogP contribution in [0.15, 0.2) is 0 Å². The maximum absolute atomic E-state index is 6.60. The minimum absolute atomic E-state index is 0.0726. The van der Waals surface area contributed by atoms with Gasteiger partial charge in [-0.25, -0.2) is 0 Å². The molecule has 4 rings (SSSR count). The summed E-state index contributed by atoms with van der Waals surface area (Å²) in [4.78, 5) is 2.57. The predicted molar refractivity (Wildman–Crippen MR) is 108 cm³/mol. The summed E-state index contributed by atoms with van der Waals surface area (Å²) in [7, 11) is 0. The lowest BCUT2D eigenvalue weighted by Crippen LogP contribution is -2.58. The normalized spacial score (nSPS) is 44.3. The zero-order valence-electron chi connectivity index (χ0n) is 17.9. The fourth-order valence-corrected chi connectivity index (χ4v) is 6.34. The van der Waals surface area contributed by atoms with E-state index < -0.39 is 0 Å². The van der Waals surface area contributed by atoms with Crippen LogP contribution in [0.3, 0.4) is 0 Å². The fourth-order valence-electron chi connectivity index (χ4n) is 6.34. The summed E-state index contributed by atoms with van der Waals surface area (Å²) in [5.74, 6) is 1.28. The van der Waals surface area contributed by atoms with Crippen LogP contribution in [0.1, 0.15) is 72.1 Å². The molecule has 4 fully saturated rings. The van der Waals surface area contributed by atoms with Crippen molar-refractivity contribution in [2.75, 3.05) is 39.5 Å². The summed E-state index contributed by atoms with van der Waals surface area (Å²) >= 11 is 0. The van der Waals surface area contributed by atoms with Crippen molar-refractivity contribution in [1.82, 2.24) is 4.90 Å². The zero-order valence-corrected chi connectivity index (χ0v) is 17.9. The second kappa shape index (κ2) is 8.30. The van der Waals surface area contributed by atoms with Gasteiger partial charge in [0.1, 0.15) is 0 Å². The first kappa shape index (κ1) is 20.1. The molecule has 1 unspecified atom stereocenters. The quantitative estimate of drug-likeness (QED) is 0.705. The van der Waals surface area contributed by atoms with E-state index in [0.29, 0.717) is 23.4 Å². The number of morpholine rings is 1. The molecule has 2 saturated heterocycles. The Labute approximate surface area is 166 Å². The van der Waals surface area contributed by atoms with Gasteiger partial charge in [0, 0.05) is 24.4 Å². The molecule has 0 N–H and O–H groups in total. The Morgan fingerprint density at radius 1 is 1.04 bits per heavy atom. The summed E-state index contributed by atoms with van der Waals surface area (Å²) < 4.78 is 18.4. The molecule has 2 heterocycles. The third-order valence-electron chi connectivity index (χ3n) is 8.72. The Morgan fingerprint density at radius 2 is 1.78 bits per heavy atom. The third-order valence-corrected chi connectivity index (χ3v) is 8.72. The maximum atomic E-state index is 6.60. The lowest BCUT2D eigenvalue weighted by Gasteiger charge is -2.58. The molecule has 0 radical (unpaired) electrons. The molecule has 2 saturated carbocycles. The number of rotatable bonds is 5. The molecule has 0 bridgehead atoms. The molecule has 0 aromatic rings. The molecule has 4 heteroatoms. The van der Waals surface area contributed by atoms with Gasteiger partial charge < -0.3 is 14.2 Å². The highest BCUT2D eigenvalue weighted by Crippen LogP contribution is 2.56.